The normalized spacial score (nSPS) is 11.0. The van der Waals surface area contributed by atoms with Gasteiger partial charge in [-0.3, -0.25) is 0 Å². The van der Waals surface area contributed by atoms with Crippen molar-refractivity contribution in [1.29, 1.82) is 0 Å². The SMILES string of the molecule is Nc1ncc(F)c(-c2c[nH]c3ccc(Br)cc23)n1. The van der Waals surface area contributed by atoms with Gasteiger partial charge in [-0.15, -0.1) is 0 Å². The van der Waals surface area contributed by atoms with Crippen LogP contribution in [0.5, 0.6) is 0 Å². The van der Waals surface area contributed by atoms with Crippen molar-refractivity contribution in [1.82, 2.24) is 15.0 Å². The average Bonchev–Trinajstić information content (AvgIpc) is 2.75. The first kappa shape index (κ1) is 11.2. The van der Waals surface area contributed by atoms with E-state index in [1.54, 1.807) is 6.20 Å². The zero-order valence-corrected chi connectivity index (χ0v) is 10.7. The maximum Gasteiger partial charge on any atom is 0.220 e. The molecule has 0 aliphatic carbocycles. The lowest BCUT2D eigenvalue weighted by Gasteiger charge is -2.01. The van der Waals surface area contributed by atoms with Gasteiger partial charge in [-0.25, -0.2) is 14.4 Å². The summed E-state index contributed by atoms with van der Waals surface area (Å²) in [7, 11) is 0. The highest BCUT2D eigenvalue weighted by atomic mass is 79.9. The van der Waals surface area contributed by atoms with E-state index in [0.717, 1.165) is 21.6 Å². The van der Waals surface area contributed by atoms with Gasteiger partial charge in [-0.05, 0) is 18.2 Å². The van der Waals surface area contributed by atoms with Gasteiger partial charge in [0.15, 0.2) is 5.82 Å². The molecule has 18 heavy (non-hydrogen) atoms. The minimum Gasteiger partial charge on any atom is -0.368 e. The molecule has 0 aliphatic heterocycles. The summed E-state index contributed by atoms with van der Waals surface area (Å²) in [6, 6.07) is 5.72. The van der Waals surface area contributed by atoms with Crippen molar-refractivity contribution in [3.63, 3.8) is 0 Å². The lowest BCUT2D eigenvalue weighted by molar-refractivity contribution is 0.619. The van der Waals surface area contributed by atoms with Crippen molar-refractivity contribution < 1.29 is 4.39 Å². The first-order valence-corrected chi connectivity index (χ1v) is 5.99. The maximum absolute atomic E-state index is 13.8. The predicted octanol–water partition coefficient (Wildman–Crippen LogP) is 3.11. The second-order valence-electron chi connectivity index (χ2n) is 3.82. The van der Waals surface area contributed by atoms with Gasteiger partial charge < -0.3 is 10.7 Å². The van der Waals surface area contributed by atoms with Crippen LogP contribution in [-0.4, -0.2) is 15.0 Å². The molecule has 3 rings (SSSR count). The van der Waals surface area contributed by atoms with E-state index in [9.17, 15) is 4.39 Å². The second-order valence-corrected chi connectivity index (χ2v) is 4.73. The Morgan fingerprint density at radius 2 is 2.17 bits per heavy atom. The molecule has 6 heteroatoms. The van der Waals surface area contributed by atoms with Crippen molar-refractivity contribution in [3.05, 3.63) is 40.9 Å². The quantitative estimate of drug-likeness (QED) is 0.726. The largest absolute Gasteiger partial charge is 0.368 e. The fourth-order valence-corrected chi connectivity index (χ4v) is 2.22. The van der Waals surface area contributed by atoms with E-state index < -0.39 is 5.82 Å². The first-order chi connectivity index (χ1) is 8.65. The molecule has 90 valence electrons. The van der Waals surface area contributed by atoms with Crippen LogP contribution in [0.3, 0.4) is 0 Å². The molecule has 0 saturated carbocycles. The van der Waals surface area contributed by atoms with Crippen LogP contribution in [0, 0.1) is 5.82 Å². The zero-order chi connectivity index (χ0) is 12.7. The van der Waals surface area contributed by atoms with E-state index >= 15 is 0 Å². The summed E-state index contributed by atoms with van der Waals surface area (Å²) in [5, 5.41) is 0.876. The van der Waals surface area contributed by atoms with Crippen molar-refractivity contribution in [3.8, 4) is 11.3 Å². The first-order valence-electron chi connectivity index (χ1n) is 5.20. The average molecular weight is 307 g/mol. The van der Waals surface area contributed by atoms with E-state index in [4.69, 9.17) is 5.73 Å². The van der Waals surface area contributed by atoms with E-state index in [1.165, 1.54) is 0 Å². The molecule has 3 N–H and O–H groups in total. The van der Waals surface area contributed by atoms with Gasteiger partial charge in [0, 0.05) is 27.1 Å². The van der Waals surface area contributed by atoms with E-state index in [2.05, 4.69) is 30.9 Å². The van der Waals surface area contributed by atoms with Crippen LogP contribution in [0.15, 0.2) is 35.1 Å². The summed E-state index contributed by atoms with van der Waals surface area (Å²) in [6.07, 6.45) is 2.79. The third-order valence-electron chi connectivity index (χ3n) is 2.66. The molecule has 0 aliphatic rings. The van der Waals surface area contributed by atoms with Gasteiger partial charge in [-0.1, -0.05) is 15.9 Å². The van der Waals surface area contributed by atoms with Gasteiger partial charge in [0.05, 0.1) is 6.20 Å². The summed E-state index contributed by atoms with van der Waals surface area (Å²) in [4.78, 5) is 10.6. The molecular formula is C12H8BrFN4. The molecule has 0 spiro atoms. The molecule has 0 amide bonds. The molecule has 0 fully saturated rings. The molecule has 0 bridgehead atoms. The fraction of sp³-hybridized carbons (Fsp3) is 0. The molecule has 0 saturated heterocycles. The molecule has 4 nitrogen and oxygen atoms in total. The molecule has 0 atom stereocenters. The summed E-state index contributed by atoms with van der Waals surface area (Å²) in [5.74, 6) is -0.444. The Hall–Kier alpha value is -1.95. The van der Waals surface area contributed by atoms with Crippen LogP contribution in [0.2, 0.25) is 0 Å². The van der Waals surface area contributed by atoms with Crippen LogP contribution >= 0.6 is 15.9 Å². The number of nitrogens with two attached hydrogens (primary N) is 1. The number of anilines is 1. The minimum atomic E-state index is -0.495. The van der Waals surface area contributed by atoms with Crippen LogP contribution < -0.4 is 5.73 Å². The third-order valence-corrected chi connectivity index (χ3v) is 3.15. The summed E-state index contributed by atoms with van der Waals surface area (Å²) in [5.41, 5.74) is 7.27. The topological polar surface area (TPSA) is 67.6 Å². The lowest BCUT2D eigenvalue weighted by atomic mass is 10.1. The van der Waals surface area contributed by atoms with Crippen molar-refractivity contribution in [2.45, 2.75) is 0 Å². The highest BCUT2D eigenvalue weighted by Crippen LogP contribution is 2.30. The Balaban J connectivity index is 2.31. The number of halogens is 2. The van der Waals surface area contributed by atoms with Crippen molar-refractivity contribution in [2.75, 3.05) is 5.73 Å². The lowest BCUT2D eigenvalue weighted by Crippen LogP contribution is -1.98. The zero-order valence-electron chi connectivity index (χ0n) is 9.11. The Morgan fingerprint density at radius 3 is 3.00 bits per heavy atom. The van der Waals surface area contributed by atoms with Crippen LogP contribution in [-0.2, 0) is 0 Å². The number of fused-ring (bicyclic) bond motifs is 1. The van der Waals surface area contributed by atoms with Crippen LogP contribution in [0.4, 0.5) is 10.3 Å². The Morgan fingerprint density at radius 1 is 1.33 bits per heavy atom. The molecule has 2 aromatic heterocycles. The number of nitrogen functional groups attached to an aromatic ring is 1. The predicted molar refractivity (Wildman–Crippen MR) is 71.4 cm³/mol. The maximum atomic E-state index is 13.8. The number of H-pyrrole nitrogens is 1. The smallest absolute Gasteiger partial charge is 0.220 e. The monoisotopic (exact) mass is 306 g/mol. The highest BCUT2D eigenvalue weighted by Gasteiger charge is 2.13. The Labute approximate surface area is 110 Å². The van der Waals surface area contributed by atoms with Crippen LogP contribution in [0.25, 0.3) is 22.2 Å². The summed E-state index contributed by atoms with van der Waals surface area (Å²) in [6.45, 7) is 0. The molecular weight excluding hydrogens is 299 g/mol. The number of benzene rings is 1. The molecule has 0 radical (unpaired) electrons. The standard InChI is InChI=1S/C12H8BrFN4/c13-6-1-2-10-7(3-6)8(4-16-10)11-9(14)5-17-12(15)18-11/h1-5,16H,(H2,15,17,18). The van der Waals surface area contributed by atoms with Crippen molar-refractivity contribution in [2.24, 2.45) is 0 Å². The van der Waals surface area contributed by atoms with E-state index in [1.807, 2.05) is 18.2 Å². The second kappa shape index (κ2) is 4.06. The Kier molecular flexibility index (Phi) is 2.52. The molecule has 3 aromatic rings. The van der Waals surface area contributed by atoms with Gasteiger partial charge in [-0.2, -0.15) is 0 Å². The number of hydrogen-bond acceptors (Lipinski definition) is 3. The van der Waals surface area contributed by atoms with E-state index in [-0.39, 0.29) is 11.6 Å². The number of nitrogens with zero attached hydrogens (tertiary/aromatic N) is 2. The van der Waals surface area contributed by atoms with E-state index in [0.29, 0.717) is 5.56 Å². The molecule has 0 unspecified atom stereocenters. The highest BCUT2D eigenvalue weighted by molar-refractivity contribution is 9.10. The fourth-order valence-electron chi connectivity index (χ4n) is 1.86. The van der Waals surface area contributed by atoms with Gasteiger partial charge >= 0.3 is 0 Å². The minimum absolute atomic E-state index is 0.0516. The Bertz CT molecular complexity index is 738. The van der Waals surface area contributed by atoms with Gasteiger partial charge in [0.1, 0.15) is 5.69 Å². The van der Waals surface area contributed by atoms with Gasteiger partial charge in [0.2, 0.25) is 5.95 Å². The number of aromatic nitrogens is 3. The molecule has 2 heterocycles. The number of hydrogen-bond donors (Lipinski definition) is 2. The summed E-state index contributed by atoms with van der Waals surface area (Å²) >= 11 is 3.39. The number of aromatic amines is 1. The number of rotatable bonds is 1. The molecule has 1 aromatic carbocycles. The van der Waals surface area contributed by atoms with Gasteiger partial charge in [0.25, 0.3) is 0 Å². The van der Waals surface area contributed by atoms with Crippen molar-refractivity contribution >= 4 is 32.8 Å². The third kappa shape index (κ3) is 1.74. The number of nitrogens with one attached hydrogen (secondary N) is 1. The van der Waals surface area contributed by atoms with Crippen LogP contribution in [0.1, 0.15) is 0 Å². The summed E-state index contributed by atoms with van der Waals surface area (Å²) < 4.78 is 14.7.